The Kier molecular flexibility index (Phi) is 4.34. The molecule has 3 aromatic rings. The van der Waals surface area contributed by atoms with E-state index in [0.29, 0.717) is 23.5 Å². The van der Waals surface area contributed by atoms with Gasteiger partial charge in [-0.05, 0) is 35.9 Å². The predicted octanol–water partition coefficient (Wildman–Crippen LogP) is 3.19. The molecule has 0 saturated carbocycles. The fourth-order valence-corrected chi connectivity index (χ4v) is 2.26. The number of nitrogens with one attached hydrogen (secondary N) is 1. The van der Waals surface area contributed by atoms with Crippen LogP contribution >= 0.6 is 0 Å². The Bertz CT molecular complexity index is 927. The molecule has 0 fully saturated rings. The highest BCUT2D eigenvalue weighted by molar-refractivity contribution is 6.03. The molecule has 1 heterocycles. The molecule has 24 heavy (non-hydrogen) atoms. The number of amides is 1. The minimum atomic E-state index is -0.344. The second kappa shape index (κ2) is 6.75. The van der Waals surface area contributed by atoms with E-state index in [4.69, 9.17) is 5.26 Å². The molecule has 0 aliphatic heterocycles. The van der Waals surface area contributed by atoms with Gasteiger partial charge in [-0.3, -0.25) is 9.48 Å². The molecule has 0 bridgehead atoms. The van der Waals surface area contributed by atoms with E-state index in [9.17, 15) is 9.18 Å². The third kappa shape index (κ3) is 3.65. The van der Waals surface area contributed by atoms with Crippen LogP contribution in [0.25, 0.3) is 0 Å². The van der Waals surface area contributed by atoms with Gasteiger partial charge in [0.05, 0.1) is 18.2 Å². The molecule has 0 atom stereocenters. The summed E-state index contributed by atoms with van der Waals surface area (Å²) in [6.07, 6.45) is 1.70. The van der Waals surface area contributed by atoms with Gasteiger partial charge in [-0.2, -0.15) is 10.4 Å². The molecule has 0 aliphatic rings. The van der Waals surface area contributed by atoms with Crippen LogP contribution in [0.15, 0.2) is 60.8 Å². The minimum absolute atomic E-state index is 0.300. The Morgan fingerprint density at radius 3 is 2.83 bits per heavy atom. The monoisotopic (exact) mass is 320 g/mol. The SMILES string of the molecule is N#Cc1cccc(C(=O)Nc2ccn(Cc3cccc(F)c3)n2)c1. The van der Waals surface area contributed by atoms with Crippen molar-refractivity contribution in [2.75, 3.05) is 5.32 Å². The Morgan fingerprint density at radius 2 is 2.04 bits per heavy atom. The van der Waals surface area contributed by atoms with E-state index in [0.717, 1.165) is 5.56 Å². The van der Waals surface area contributed by atoms with Crippen molar-refractivity contribution in [3.8, 4) is 6.07 Å². The molecular weight excluding hydrogens is 307 g/mol. The summed E-state index contributed by atoms with van der Waals surface area (Å²) in [6.45, 7) is 0.400. The van der Waals surface area contributed by atoms with Gasteiger partial charge >= 0.3 is 0 Å². The smallest absolute Gasteiger partial charge is 0.256 e. The summed E-state index contributed by atoms with van der Waals surface area (Å²) < 4.78 is 14.8. The van der Waals surface area contributed by atoms with Crippen molar-refractivity contribution in [2.45, 2.75) is 6.54 Å². The molecule has 6 heteroatoms. The zero-order chi connectivity index (χ0) is 16.9. The maximum Gasteiger partial charge on any atom is 0.256 e. The lowest BCUT2D eigenvalue weighted by Gasteiger charge is -2.03. The van der Waals surface area contributed by atoms with Crippen LogP contribution in [0.1, 0.15) is 21.5 Å². The van der Waals surface area contributed by atoms with E-state index >= 15 is 0 Å². The van der Waals surface area contributed by atoms with Crippen molar-refractivity contribution in [3.05, 3.63) is 83.3 Å². The molecule has 2 aromatic carbocycles. The molecule has 0 radical (unpaired) electrons. The number of rotatable bonds is 4. The molecule has 1 aromatic heterocycles. The van der Waals surface area contributed by atoms with Gasteiger partial charge < -0.3 is 5.32 Å². The lowest BCUT2D eigenvalue weighted by molar-refractivity contribution is 0.102. The summed E-state index contributed by atoms with van der Waals surface area (Å²) in [5.41, 5.74) is 1.57. The van der Waals surface area contributed by atoms with Crippen molar-refractivity contribution < 1.29 is 9.18 Å². The number of carbonyl (C=O) groups is 1. The molecule has 0 saturated heterocycles. The summed E-state index contributed by atoms with van der Waals surface area (Å²) >= 11 is 0. The Balaban J connectivity index is 1.69. The first-order valence-corrected chi connectivity index (χ1v) is 7.23. The van der Waals surface area contributed by atoms with E-state index in [-0.39, 0.29) is 11.7 Å². The van der Waals surface area contributed by atoms with Gasteiger partial charge in [0.25, 0.3) is 5.91 Å². The van der Waals surface area contributed by atoms with E-state index < -0.39 is 0 Å². The van der Waals surface area contributed by atoms with Crippen molar-refractivity contribution in [3.63, 3.8) is 0 Å². The maximum absolute atomic E-state index is 13.2. The molecule has 0 unspecified atom stereocenters. The second-order valence-corrected chi connectivity index (χ2v) is 5.18. The minimum Gasteiger partial charge on any atom is -0.305 e. The quantitative estimate of drug-likeness (QED) is 0.802. The first-order chi connectivity index (χ1) is 11.6. The van der Waals surface area contributed by atoms with Crippen LogP contribution in [0, 0.1) is 17.1 Å². The van der Waals surface area contributed by atoms with E-state index in [1.54, 1.807) is 47.3 Å². The van der Waals surface area contributed by atoms with Crippen LogP contribution in [0.2, 0.25) is 0 Å². The largest absolute Gasteiger partial charge is 0.305 e. The summed E-state index contributed by atoms with van der Waals surface area (Å²) in [5.74, 6) is -0.257. The number of hydrogen-bond donors (Lipinski definition) is 1. The van der Waals surface area contributed by atoms with Gasteiger partial charge in [0.15, 0.2) is 5.82 Å². The summed E-state index contributed by atoms with van der Waals surface area (Å²) in [4.78, 5) is 12.2. The number of nitriles is 1. The van der Waals surface area contributed by atoms with Crippen LogP contribution in [0.4, 0.5) is 10.2 Å². The number of carbonyl (C=O) groups excluding carboxylic acids is 1. The highest BCUT2D eigenvalue weighted by Crippen LogP contribution is 2.11. The zero-order valence-corrected chi connectivity index (χ0v) is 12.6. The van der Waals surface area contributed by atoms with Gasteiger partial charge in [0.1, 0.15) is 5.82 Å². The number of anilines is 1. The van der Waals surface area contributed by atoms with Crippen LogP contribution in [0.3, 0.4) is 0 Å². The fraction of sp³-hybridized carbons (Fsp3) is 0.0556. The average Bonchev–Trinajstić information content (AvgIpc) is 3.01. The summed E-state index contributed by atoms with van der Waals surface area (Å²) in [6, 6.07) is 16.3. The van der Waals surface area contributed by atoms with Crippen LogP contribution in [-0.4, -0.2) is 15.7 Å². The van der Waals surface area contributed by atoms with Crippen molar-refractivity contribution >= 4 is 11.7 Å². The standard InChI is InChI=1S/C18H13FN4O/c19-16-6-2-4-14(10-16)12-23-8-7-17(22-23)21-18(24)15-5-1-3-13(9-15)11-20/h1-10H,12H2,(H,21,22,24). The molecular formula is C18H13FN4O. The number of halogens is 1. The molecule has 1 amide bonds. The fourth-order valence-electron chi connectivity index (χ4n) is 2.26. The average molecular weight is 320 g/mol. The van der Waals surface area contributed by atoms with Crippen molar-refractivity contribution in [2.24, 2.45) is 0 Å². The van der Waals surface area contributed by atoms with Gasteiger partial charge in [0.2, 0.25) is 0 Å². The lowest BCUT2D eigenvalue weighted by Crippen LogP contribution is -2.13. The zero-order valence-electron chi connectivity index (χ0n) is 12.6. The van der Waals surface area contributed by atoms with Crippen molar-refractivity contribution in [1.29, 1.82) is 5.26 Å². The van der Waals surface area contributed by atoms with E-state index in [2.05, 4.69) is 10.4 Å². The molecule has 0 aliphatic carbocycles. The maximum atomic E-state index is 13.2. The van der Waals surface area contributed by atoms with Crippen LogP contribution < -0.4 is 5.32 Å². The molecule has 5 nitrogen and oxygen atoms in total. The first kappa shape index (κ1) is 15.4. The molecule has 0 spiro atoms. The van der Waals surface area contributed by atoms with E-state index in [1.165, 1.54) is 18.2 Å². The van der Waals surface area contributed by atoms with Gasteiger partial charge in [-0.15, -0.1) is 0 Å². The molecule has 3 rings (SSSR count). The normalized spacial score (nSPS) is 10.2. The Labute approximate surface area is 138 Å². The highest BCUT2D eigenvalue weighted by atomic mass is 19.1. The van der Waals surface area contributed by atoms with E-state index in [1.807, 2.05) is 6.07 Å². The summed E-state index contributed by atoms with van der Waals surface area (Å²) in [5, 5.41) is 15.8. The third-order valence-electron chi connectivity index (χ3n) is 3.37. The number of aromatic nitrogens is 2. The van der Waals surface area contributed by atoms with Crippen molar-refractivity contribution in [1.82, 2.24) is 9.78 Å². The summed E-state index contributed by atoms with van der Waals surface area (Å²) in [7, 11) is 0. The number of nitrogens with zero attached hydrogens (tertiary/aromatic N) is 3. The molecule has 118 valence electrons. The first-order valence-electron chi connectivity index (χ1n) is 7.23. The van der Waals surface area contributed by atoms with Gasteiger partial charge in [0, 0.05) is 17.8 Å². The Hall–Kier alpha value is -3.46. The highest BCUT2D eigenvalue weighted by Gasteiger charge is 2.09. The number of hydrogen-bond acceptors (Lipinski definition) is 3. The molecule has 1 N–H and O–H groups in total. The Morgan fingerprint density at radius 1 is 1.21 bits per heavy atom. The number of benzene rings is 2. The lowest BCUT2D eigenvalue weighted by atomic mass is 10.1. The van der Waals surface area contributed by atoms with Crippen LogP contribution in [-0.2, 0) is 6.54 Å². The van der Waals surface area contributed by atoms with Gasteiger partial charge in [-0.1, -0.05) is 18.2 Å². The third-order valence-corrected chi connectivity index (χ3v) is 3.37. The second-order valence-electron chi connectivity index (χ2n) is 5.18. The van der Waals surface area contributed by atoms with Crippen LogP contribution in [0.5, 0.6) is 0 Å². The topological polar surface area (TPSA) is 70.7 Å². The van der Waals surface area contributed by atoms with Gasteiger partial charge in [-0.25, -0.2) is 4.39 Å². The predicted molar refractivity (Wildman–Crippen MR) is 86.8 cm³/mol.